The van der Waals surface area contributed by atoms with Crippen LogP contribution in [0.25, 0.3) is 11.3 Å². The van der Waals surface area contributed by atoms with Crippen molar-refractivity contribution in [2.24, 2.45) is 0 Å². The number of nitrogens with zero attached hydrogens (tertiary/aromatic N) is 4. The van der Waals surface area contributed by atoms with Crippen molar-refractivity contribution in [1.29, 1.82) is 0 Å². The maximum Gasteiger partial charge on any atom is 0.270 e. The van der Waals surface area contributed by atoms with Crippen molar-refractivity contribution in [3.8, 4) is 11.3 Å². The summed E-state index contributed by atoms with van der Waals surface area (Å²) in [7, 11) is -1.23. The smallest absolute Gasteiger partial charge is 0.270 e. The SMILES string of the molecule is Cc1c(-c2ccnc(Nc3ccc4c(c3)CS(=O)(=O)C4)n2)c(C)n2c1C(=O)N(C)CC2. The first kappa shape index (κ1) is 19.7. The number of nitrogens with one attached hydrogen (secondary N) is 1. The zero-order valence-corrected chi connectivity index (χ0v) is 18.5. The van der Waals surface area contributed by atoms with Crippen LogP contribution >= 0.6 is 0 Å². The van der Waals surface area contributed by atoms with Crippen molar-refractivity contribution in [3.05, 3.63) is 58.5 Å². The molecule has 31 heavy (non-hydrogen) atoms. The molecule has 2 aliphatic heterocycles. The summed E-state index contributed by atoms with van der Waals surface area (Å²) in [5.41, 5.74) is 6.75. The second-order valence-corrected chi connectivity index (χ2v) is 10.3. The Morgan fingerprint density at radius 2 is 1.84 bits per heavy atom. The highest BCUT2D eigenvalue weighted by Crippen LogP contribution is 2.34. The summed E-state index contributed by atoms with van der Waals surface area (Å²) in [6.07, 6.45) is 1.69. The molecule has 0 atom stereocenters. The number of anilines is 2. The molecule has 3 aromatic rings. The Bertz CT molecular complexity index is 1340. The van der Waals surface area contributed by atoms with Crippen LogP contribution in [0.5, 0.6) is 0 Å². The van der Waals surface area contributed by atoms with Crippen molar-refractivity contribution in [1.82, 2.24) is 19.4 Å². The molecule has 8 nitrogen and oxygen atoms in total. The molecule has 0 unspecified atom stereocenters. The molecule has 0 saturated heterocycles. The fraction of sp³-hybridized carbons (Fsp3) is 0.318. The Balaban J connectivity index is 1.49. The van der Waals surface area contributed by atoms with E-state index in [-0.39, 0.29) is 17.4 Å². The molecular formula is C22H23N5O3S. The number of hydrogen-bond donors (Lipinski definition) is 1. The third kappa shape index (κ3) is 3.29. The standard InChI is InChI=1S/C22H23N5O3S/c1-13-19(14(2)27-9-8-26(3)21(28)20(13)27)18-6-7-23-22(25-18)24-17-5-4-15-11-31(29,30)12-16(15)10-17/h4-7,10H,8-9,11-12H2,1-3H3,(H,23,24,25). The van der Waals surface area contributed by atoms with Gasteiger partial charge in [0.2, 0.25) is 5.95 Å². The highest BCUT2D eigenvalue weighted by Gasteiger charge is 2.29. The molecule has 5 rings (SSSR count). The third-order valence-electron chi connectivity index (χ3n) is 6.10. The van der Waals surface area contributed by atoms with Crippen molar-refractivity contribution < 1.29 is 13.2 Å². The number of amides is 1. The Hall–Kier alpha value is -3.20. The molecule has 1 N–H and O–H groups in total. The molecule has 0 radical (unpaired) electrons. The van der Waals surface area contributed by atoms with Gasteiger partial charge in [-0.3, -0.25) is 4.79 Å². The molecule has 0 spiro atoms. The summed E-state index contributed by atoms with van der Waals surface area (Å²) in [5, 5.41) is 3.19. The molecule has 0 bridgehead atoms. The van der Waals surface area contributed by atoms with Gasteiger partial charge in [0.1, 0.15) is 5.69 Å². The molecule has 2 aromatic heterocycles. The lowest BCUT2D eigenvalue weighted by atomic mass is 10.1. The highest BCUT2D eigenvalue weighted by atomic mass is 32.2. The van der Waals surface area contributed by atoms with Gasteiger partial charge < -0.3 is 14.8 Å². The largest absolute Gasteiger partial charge is 0.339 e. The van der Waals surface area contributed by atoms with E-state index in [2.05, 4.69) is 14.9 Å². The van der Waals surface area contributed by atoms with E-state index in [0.29, 0.717) is 18.2 Å². The number of aromatic nitrogens is 3. The Morgan fingerprint density at radius 3 is 2.65 bits per heavy atom. The first-order valence-corrected chi connectivity index (χ1v) is 11.9. The van der Waals surface area contributed by atoms with E-state index in [9.17, 15) is 13.2 Å². The van der Waals surface area contributed by atoms with Gasteiger partial charge in [-0.2, -0.15) is 0 Å². The van der Waals surface area contributed by atoms with Crippen LogP contribution in [0.1, 0.15) is 32.9 Å². The summed E-state index contributed by atoms with van der Waals surface area (Å²) < 4.78 is 25.8. The summed E-state index contributed by atoms with van der Waals surface area (Å²) in [5.74, 6) is 0.611. The van der Waals surface area contributed by atoms with Gasteiger partial charge in [0.15, 0.2) is 9.84 Å². The topological polar surface area (TPSA) is 97.2 Å². The molecule has 0 fully saturated rings. The van der Waals surface area contributed by atoms with Gasteiger partial charge in [0.25, 0.3) is 5.91 Å². The molecule has 0 saturated carbocycles. The van der Waals surface area contributed by atoms with E-state index in [1.807, 2.05) is 45.2 Å². The van der Waals surface area contributed by atoms with Crippen LogP contribution in [-0.2, 0) is 27.9 Å². The van der Waals surface area contributed by atoms with Gasteiger partial charge in [-0.15, -0.1) is 0 Å². The van der Waals surface area contributed by atoms with E-state index in [4.69, 9.17) is 4.98 Å². The van der Waals surface area contributed by atoms with E-state index in [1.54, 1.807) is 11.1 Å². The van der Waals surface area contributed by atoms with E-state index in [0.717, 1.165) is 45.9 Å². The van der Waals surface area contributed by atoms with Crippen molar-refractivity contribution in [2.75, 3.05) is 18.9 Å². The molecule has 160 valence electrons. The van der Waals surface area contributed by atoms with Crippen LogP contribution in [0.2, 0.25) is 0 Å². The number of carbonyl (C=O) groups is 1. The number of fused-ring (bicyclic) bond motifs is 2. The fourth-order valence-corrected chi connectivity index (χ4v) is 6.15. The normalized spacial score (nSPS) is 16.9. The van der Waals surface area contributed by atoms with Gasteiger partial charge in [0.05, 0.1) is 17.2 Å². The lowest BCUT2D eigenvalue weighted by molar-refractivity contribution is 0.0747. The van der Waals surface area contributed by atoms with Gasteiger partial charge in [-0.1, -0.05) is 6.07 Å². The van der Waals surface area contributed by atoms with Crippen LogP contribution in [0, 0.1) is 13.8 Å². The predicted molar refractivity (Wildman–Crippen MR) is 118 cm³/mol. The molecule has 2 aliphatic rings. The van der Waals surface area contributed by atoms with Crippen LogP contribution < -0.4 is 5.32 Å². The van der Waals surface area contributed by atoms with Crippen molar-refractivity contribution in [2.45, 2.75) is 31.9 Å². The molecule has 4 heterocycles. The van der Waals surface area contributed by atoms with Gasteiger partial charge in [-0.25, -0.2) is 18.4 Å². The van der Waals surface area contributed by atoms with Crippen molar-refractivity contribution >= 4 is 27.4 Å². The quantitative estimate of drug-likeness (QED) is 0.677. The van der Waals surface area contributed by atoms with Gasteiger partial charge >= 0.3 is 0 Å². The second kappa shape index (κ2) is 6.91. The van der Waals surface area contributed by atoms with Gasteiger partial charge in [0, 0.05) is 43.3 Å². The predicted octanol–water partition coefficient (Wildman–Crippen LogP) is 2.82. The lowest BCUT2D eigenvalue weighted by Crippen LogP contribution is -2.37. The first-order valence-electron chi connectivity index (χ1n) is 10.1. The third-order valence-corrected chi connectivity index (χ3v) is 7.60. The zero-order chi connectivity index (χ0) is 21.9. The number of rotatable bonds is 3. The lowest BCUT2D eigenvalue weighted by Gasteiger charge is -2.25. The van der Waals surface area contributed by atoms with Crippen LogP contribution in [0.15, 0.2) is 30.5 Å². The van der Waals surface area contributed by atoms with Crippen molar-refractivity contribution in [3.63, 3.8) is 0 Å². The first-order chi connectivity index (χ1) is 14.7. The summed E-state index contributed by atoms with van der Waals surface area (Å²) in [6.45, 7) is 5.42. The molecule has 9 heteroatoms. The van der Waals surface area contributed by atoms with E-state index < -0.39 is 9.84 Å². The molecule has 1 amide bonds. The number of likely N-dealkylation sites (N-methyl/N-ethyl adjacent to an activating group) is 1. The Labute approximate surface area is 180 Å². The average Bonchev–Trinajstić information content (AvgIpc) is 3.16. The van der Waals surface area contributed by atoms with E-state index >= 15 is 0 Å². The Morgan fingerprint density at radius 1 is 1.06 bits per heavy atom. The maximum atomic E-state index is 12.7. The minimum absolute atomic E-state index is 0.0265. The maximum absolute atomic E-state index is 12.7. The van der Waals surface area contributed by atoms with Crippen LogP contribution in [-0.4, -0.2) is 47.4 Å². The number of hydrogen-bond acceptors (Lipinski definition) is 6. The highest BCUT2D eigenvalue weighted by molar-refractivity contribution is 7.90. The van der Waals surface area contributed by atoms with Crippen LogP contribution in [0.4, 0.5) is 11.6 Å². The second-order valence-electron chi connectivity index (χ2n) is 8.22. The summed E-state index contributed by atoms with van der Waals surface area (Å²) in [4.78, 5) is 23.5. The van der Waals surface area contributed by atoms with Crippen LogP contribution in [0.3, 0.4) is 0 Å². The molecular weight excluding hydrogens is 414 g/mol. The Kier molecular flexibility index (Phi) is 4.40. The number of sulfone groups is 1. The molecule has 1 aromatic carbocycles. The number of carbonyl (C=O) groups excluding carboxylic acids is 1. The zero-order valence-electron chi connectivity index (χ0n) is 17.6. The fourth-order valence-electron chi connectivity index (χ4n) is 4.55. The average molecular weight is 438 g/mol. The molecule has 0 aliphatic carbocycles. The monoisotopic (exact) mass is 437 g/mol. The summed E-state index contributed by atoms with van der Waals surface area (Å²) >= 11 is 0. The summed E-state index contributed by atoms with van der Waals surface area (Å²) in [6, 6.07) is 7.37. The minimum Gasteiger partial charge on any atom is -0.339 e. The van der Waals surface area contributed by atoms with E-state index in [1.165, 1.54) is 0 Å². The van der Waals surface area contributed by atoms with Gasteiger partial charge in [-0.05, 0) is 48.7 Å². The number of benzene rings is 1. The minimum atomic E-state index is -3.05.